The van der Waals surface area contributed by atoms with Crippen LogP contribution in [0.2, 0.25) is 0 Å². The smallest absolute Gasteiger partial charge is 0.142 e. The molecule has 3 aromatic carbocycles. The Kier molecular flexibility index (Phi) is 3.85. The summed E-state index contributed by atoms with van der Waals surface area (Å²) in [5, 5.41) is 2.31. The van der Waals surface area contributed by atoms with E-state index in [0.717, 1.165) is 30.6 Å². The molecule has 4 heteroatoms. The molecule has 0 saturated heterocycles. The topological polar surface area (TPSA) is 35.2 Å². The van der Waals surface area contributed by atoms with Gasteiger partial charge in [0.25, 0.3) is 0 Å². The first-order valence-corrected chi connectivity index (χ1v) is 7.92. The summed E-state index contributed by atoms with van der Waals surface area (Å²) in [5.74, 6) is 1.60. The molecule has 100 valence electrons. The number of halogens is 2. The van der Waals surface area contributed by atoms with E-state index in [2.05, 4.69) is 56.7 Å². The average molecular weight is 440 g/mol. The zero-order valence-electron chi connectivity index (χ0n) is 10.4. The number of nitrogens with two attached hydrogens (primary N) is 1. The molecule has 2 N–H and O–H groups in total. The Balaban J connectivity index is 2.04. The number of fused-ring (bicyclic) bond motifs is 1. The normalized spacial score (nSPS) is 10.7. The van der Waals surface area contributed by atoms with Crippen molar-refractivity contribution in [2.24, 2.45) is 0 Å². The largest absolute Gasteiger partial charge is 0.455 e. The Bertz CT molecular complexity index is 789. The van der Waals surface area contributed by atoms with Crippen LogP contribution in [0, 0.1) is 3.57 Å². The molecule has 0 spiro atoms. The Morgan fingerprint density at radius 2 is 1.70 bits per heavy atom. The van der Waals surface area contributed by atoms with Crippen molar-refractivity contribution >= 4 is 55.0 Å². The van der Waals surface area contributed by atoms with Crippen molar-refractivity contribution in [2.75, 3.05) is 5.73 Å². The lowest BCUT2D eigenvalue weighted by Crippen LogP contribution is -1.91. The van der Waals surface area contributed by atoms with Crippen molar-refractivity contribution in [3.05, 3.63) is 62.6 Å². The molecule has 0 aliphatic rings. The SMILES string of the molecule is Nc1ccc(Oc2ccc3ccccc3c2Br)c(I)c1. The van der Waals surface area contributed by atoms with Crippen molar-refractivity contribution in [2.45, 2.75) is 0 Å². The van der Waals surface area contributed by atoms with Gasteiger partial charge in [0, 0.05) is 5.69 Å². The molecule has 0 amide bonds. The van der Waals surface area contributed by atoms with Crippen LogP contribution in [0.4, 0.5) is 5.69 Å². The predicted octanol–water partition coefficient (Wildman–Crippen LogP) is 5.58. The van der Waals surface area contributed by atoms with Crippen molar-refractivity contribution in [3.63, 3.8) is 0 Å². The first kappa shape index (κ1) is 13.7. The highest BCUT2D eigenvalue weighted by molar-refractivity contribution is 14.1. The highest BCUT2D eigenvalue weighted by atomic mass is 127. The molecule has 0 fully saturated rings. The van der Waals surface area contributed by atoms with Crippen LogP contribution in [0.25, 0.3) is 10.8 Å². The fraction of sp³-hybridized carbons (Fsp3) is 0. The van der Waals surface area contributed by atoms with E-state index >= 15 is 0 Å². The van der Waals surface area contributed by atoms with Gasteiger partial charge in [0.2, 0.25) is 0 Å². The molecular formula is C16H11BrINO. The molecule has 3 aromatic rings. The van der Waals surface area contributed by atoms with E-state index < -0.39 is 0 Å². The van der Waals surface area contributed by atoms with Crippen LogP contribution in [0.5, 0.6) is 11.5 Å². The van der Waals surface area contributed by atoms with Crippen molar-refractivity contribution in [1.82, 2.24) is 0 Å². The van der Waals surface area contributed by atoms with Gasteiger partial charge in [-0.2, -0.15) is 0 Å². The van der Waals surface area contributed by atoms with Gasteiger partial charge in [0.15, 0.2) is 0 Å². The third-order valence-corrected chi connectivity index (χ3v) is 4.66. The Morgan fingerprint density at radius 1 is 0.950 bits per heavy atom. The number of benzene rings is 3. The second kappa shape index (κ2) is 5.61. The van der Waals surface area contributed by atoms with Gasteiger partial charge in [-0.05, 0) is 73.6 Å². The molecule has 2 nitrogen and oxygen atoms in total. The van der Waals surface area contributed by atoms with Gasteiger partial charge >= 0.3 is 0 Å². The summed E-state index contributed by atoms with van der Waals surface area (Å²) in [7, 11) is 0. The fourth-order valence-corrected chi connectivity index (χ4v) is 3.23. The lowest BCUT2D eigenvalue weighted by atomic mass is 10.1. The van der Waals surface area contributed by atoms with Gasteiger partial charge in [-0.3, -0.25) is 0 Å². The van der Waals surface area contributed by atoms with E-state index in [9.17, 15) is 0 Å². The lowest BCUT2D eigenvalue weighted by Gasteiger charge is -2.11. The molecule has 20 heavy (non-hydrogen) atoms. The Labute approximate surface area is 139 Å². The summed E-state index contributed by atoms with van der Waals surface area (Å²) in [4.78, 5) is 0. The van der Waals surface area contributed by atoms with Crippen LogP contribution in [0.1, 0.15) is 0 Å². The van der Waals surface area contributed by atoms with E-state index in [4.69, 9.17) is 10.5 Å². The first-order valence-electron chi connectivity index (χ1n) is 6.05. The van der Waals surface area contributed by atoms with E-state index in [-0.39, 0.29) is 0 Å². The molecule has 0 saturated carbocycles. The number of hydrogen-bond acceptors (Lipinski definition) is 2. The van der Waals surface area contributed by atoms with Gasteiger partial charge < -0.3 is 10.5 Å². The van der Waals surface area contributed by atoms with Gasteiger partial charge in [-0.15, -0.1) is 0 Å². The fourth-order valence-electron chi connectivity index (χ4n) is 2.01. The van der Waals surface area contributed by atoms with Gasteiger partial charge in [-0.25, -0.2) is 0 Å². The summed E-state index contributed by atoms with van der Waals surface area (Å²) in [5.41, 5.74) is 6.49. The van der Waals surface area contributed by atoms with E-state index in [1.165, 1.54) is 5.39 Å². The van der Waals surface area contributed by atoms with Crippen molar-refractivity contribution in [3.8, 4) is 11.5 Å². The minimum atomic E-state index is 0.735. The quantitative estimate of drug-likeness (QED) is 0.417. The minimum absolute atomic E-state index is 0.735. The molecule has 0 aromatic heterocycles. The van der Waals surface area contributed by atoms with Crippen LogP contribution in [-0.4, -0.2) is 0 Å². The number of anilines is 1. The van der Waals surface area contributed by atoms with Crippen molar-refractivity contribution in [1.29, 1.82) is 0 Å². The maximum atomic E-state index is 5.99. The monoisotopic (exact) mass is 439 g/mol. The van der Waals surface area contributed by atoms with Crippen LogP contribution in [-0.2, 0) is 0 Å². The Hall–Kier alpha value is -1.27. The number of nitrogen functional groups attached to an aromatic ring is 1. The van der Waals surface area contributed by atoms with E-state index in [1.54, 1.807) is 0 Å². The highest BCUT2D eigenvalue weighted by Gasteiger charge is 2.09. The van der Waals surface area contributed by atoms with Gasteiger partial charge in [0.05, 0.1) is 8.04 Å². The first-order chi connectivity index (χ1) is 9.65. The second-order valence-electron chi connectivity index (χ2n) is 4.39. The van der Waals surface area contributed by atoms with E-state index in [0.29, 0.717) is 0 Å². The number of rotatable bonds is 2. The average Bonchev–Trinajstić information content (AvgIpc) is 2.45. The van der Waals surface area contributed by atoms with E-state index in [1.807, 2.05) is 36.4 Å². The summed E-state index contributed by atoms with van der Waals surface area (Å²) in [6, 6.07) is 17.8. The molecule has 0 aliphatic heterocycles. The maximum absolute atomic E-state index is 5.99. The van der Waals surface area contributed by atoms with Gasteiger partial charge in [0.1, 0.15) is 11.5 Å². The predicted molar refractivity (Wildman–Crippen MR) is 95.3 cm³/mol. The third kappa shape index (κ3) is 2.62. The van der Waals surface area contributed by atoms with Gasteiger partial charge in [-0.1, -0.05) is 30.3 Å². The van der Waals surface area contributed by atoms with Crippen LogP contribution < -0.4 is 10.5 Å². The number of hydrogen-bond donors (Lipinski definition) is 1. The maximum Gasteiger partial charge on any atom is 0.142 e. The summed E-state index contributed by atoms with van der Waals surface area (Å²) in [6.07, 6.45) is 0. The molecule has 0 heterocycles. The molecule has 0 bridgehead atoms. The molecular weight excluding hydrogens is 429 g/mol. The summed E-state index contributed by atoms with van der Waals surface area (Å²) >= 11 is 5.85. The molecule has 0 aliphatic carbocycles. The van der Waals surface area contributed by atoms with Crippen molar-refractivity contribution < 1.29 is 4.74 Å². The molecule has 3 rings (SSSR count). The van der Waals surface area contributed by atoms with Crippen LogP contribution in [0.3, 0.4) is 0 Å². The van der Waals surface area contributed by atoms with Crippen LogP contribution in [0.15, 0.2) is 59.1 Å². The molecule has 0 atom stereocenters. The van der Waals surface area contributed by atoms with Crippen LogP contribution >= 0.6 is 38.5 Å². The number of ether oxygens (including phenoxy) is 1. The molecule has 0 unspecified atom stereocenters. The second-order valence-corrected chi connectivity index (χ2v) is 6.35. The minimum Gasteiger partial charge on any atom is -0.455 e. The lowest BCUT2D eigenvalue weighted by molar-refractivity contribution is 0.477. The zero-order valence-corrected chi connectivity index (χ0v) is 14.2. The Morgan fingerprint density at radius 3 is 2.50 bits per heavy atom. The highest BCUT2D eigenvalue weighted by Crippen LogP contribution is 2.37. The summed E-state index contributed by atoms with van der Waals surface area (Å²) in [6.45, 7) is 0. The zero-order chi connectivity index (χ0) is 14.1. The molecule has 0 radical (unpaired) electrons. The standard InChI is InChI=1S/C16H11BrINO/c17-16-12-4-2-1-3-10(12)5-7-15(16)20-14-8-6-11(19)9-13(14)18/h1-9H,19H2. The third-order valence-electron chi connectivity index (χ3n) is 3.00. The summed E-state index contributed by atoms with van der Waals surface area (Å²) < 4.78 is 7.94.